The van der Waals surface area contributed by atoms with Gasteiger partial charge in [0.1, 0.15) is 11.0 Å². The number of benzene rings is 1. The fraction of sp³-hybridized carbons (Fsp3) is 0.556. The van der Waals surface area contributed by atoms with Crippen LogP contribution in [-0.4, -0.2) is 35.0 Å². The number of rotatable bonds is 3. The third kappa shape index (κ3) is 2.76. The summed E-state index contributed by atoms with van der Waals surface area (Å²) in [4.78, 5) is 19.4. The lowest BCUT2D eigenvalue weighted by Gasteiger charge is -2.32. The summed E-state index contributed by atoms with van der Waals surface area (Å²) in [6.07, 6.45) is 5.95. The number of para-hydroxylation sites is 1. The lowest BCUT2D eigenvalue weighted by atomic mass is 9.85. The molecule has 1 aromatic heterocycles. The Balaban J connectivity index is 1.61. The van der Waals surface area contributed by atoms with Crippen molar-refractivity contribution in [1.29, 1.82) is 0 Å². The van der Waals surface area contributed by atoms with Crippen molar-refractivity contribution in [3.05, 3.63) is 29.3 Å². The second-order valence-electron chi connectivity index (χ2n) is 6.63. The van der Waals surface area contributed by atoms with Crippen molar-refractivity contribution in [2.24, 2.45) is 5.92 Å². The van der Waals surface area contributed by atoms with E-state index in [-0.39, 0.29) is 12.0 Å². The van der Waals surface area contributed by atoms with E-state index in [0.717, 1.165) is 23.5 Å². The van der Waals surface area contributed by atoms with Crippen LogP contribution in [0.2, 0.25) is 0 Å². The molecule has 2 fully saturated rings. The Labute approximate surface area is 140 Å². The second kappa shape index (κ2) is 6.21. The van der Waals surface area contributed by atoms with Crippen LogP contribution in [0.1, 0.15) is 37.1 Å². The molecule has 1 saturated carbocycles. The number of aromatic nitrogens is 1. The molecule has 1 aliphatic carbocycles. The summed E-state index contributed by atoms with van der Waals surface area (Å²) in [5.41, 5.74) is 1.06. The van der Waals surface area contributed by atoms with E-state index in [4.69, 9.17) is 9.72 Å². The fourth-order valence-electron chi connectivity index (χ4n) is 4.29. The number of carbonyl (C=O) groups is 1. The number of carbonyl (C=O) groups excluding carboxylic acids is 1. The molecule has 5 heteroatoms. The molecule has 1 saturated heterocycles. The Hall–Kier alpha value is -1.46. The molecule has 0 bridgehead atoms. The molecule has 1 aliphatic heterocycles. The standard InChI is InChI=1S/C18H22N2O2S/c1-22-18(21)15-10-12-6-2-4-8-14(12)20(15)11-17-19-13-7-3-5-9-16(13)23-17/h3,5,7,9,12,14-15H,2,4,6,8,10-11H2,1H3/t12-,14+,15+/m1/s1. The summed E-state index contributed by atoms with van der Waals surface area (Å²) >= 11 is 1.74. The van der Waals surface area contributed by atoms with Gasteiger partial charge < -0.3 is 4.74 Å². The zero-order valence-electron chi connectivity index (χ0n) is 13.4. The molecule has 0 radical (unpaired) electrons. The first kappa shape index (κ1) is 15.1. The van der Waals surface area contributed by atoms with Crippen LogP contribution in [0.25, 0.3) is 10.2 Å². The third-order valence-electron chi connectivity index (χ3n) is 5.35. The van der Waals surface area contributed by atoms with Crippen LogP contribution in [0.3, 0.4) is 0 Å². The highest BCUT2D eigenvalue weighted by Gasteiger charge is 2.45. The highest BCUT2D eigenvalue weighted by Crippen LogP contribution is 2.41. The van der Waals surface area contributed by atoms with Crippen LogP contribution in [0.4, 0.5) is 0 Å². The Bertz CT molecular complexity index is 681. The van der Waals surface area contributed by atoms with Gasteiger partial charge in [-0.2, -0.15) is 0 Å². The molecule has 4 rings (SSSR count). The molecule has 23 heavy (non-hydrogen) atoms. The van der Waals surface area contributed by atoms with E-state index in [0.29, 0.717) is 12.0 Å². The number of esters is 1. The molecule has 1 aromatic carbocycles. The first-order valence-electron chi connectivity index (χ1n) is 8.44. The zero-order chi connectivity index (χ0) is 15.8. The Kier molecular flexibility index (Phi) is 4.07. The van der Waals surface area contributed by atoms with E-state index in [2.05, 4.69) is 23.1 Å². The SMILES string of the molecule is COC(=O)[C@@H]1C[C@H]2CCCC[C@@H]2N1Cc1nc2ccccc2s1. The van der Waals surface area contributed by atoms with Crippen molar-refractivity contribution in [3.63, 3.8) is 0 Å². The monoisotopic (exact) mass is 330 g/mol. The highest BCUT2D eigenvalue weighted by molar-refractivity contribution is 7.18. The largest absolute Gasteiger partial charge is 0.468 e. The predicted octanol–water partition coefficient (Wildman–Crippen LogP) is 3.60. The van der Waals surface area contributed by atoms with Gasteiger partial charge in [0.15, 0.2) is 0 Å². The first-order chi connectivity index (χ1) is 11.3. The molecule has 2 aromatic rings. The molecule has 0 spiro atoms. The van der Waals surface area contributed by atoms with Crippen LogP contribution in [0.5, 0.6) is 0 Å². The van der Waals surface area contributed by atoms with Crippen LogP contribution in [0, 0.1) is 5.92 Å². The molecule has 4 nitrogen and oxygen atoms in total. The van der Waals surface area contributed by atoms with Gasteiger partial charge in [0.05, 0.1) is 23.9 Å². The van der Waals surface area contributed by atoms with Gasteiger partial charge in [0, 0.05) is 6.04 Å². The van der Waals surface area contributed by atoms with E-state index in [1.807, 2.05) is 6.07 Å². The van der Waals surface area contributed by atoms with Crippen LogP contribution >= 0.6 is 11.3 Å². The van der Waals surface area contributed by atoms with Crippen molar-refractivity contribution in [1.82, 2.24) is 9.88 Å². The van der Waals surface area contributed by atoms with Gasteiger partial charge in [-0.25, -0.2) is 4.98 Å². The zero-order valence-corrected chi connectivity index (χ0v) is 14.2. The van der Waals surface area contributed by atoms with Crippen LogP contribution < -0.4 is 0 Å². The third-order valence-corrected chi connectivity index (χ3v) is 6.37. The smallest absolute Gasteiger partial charge is 0.323 e. The predicted molar refractivity (Wildman–Crippen MR) is 91.3 cm³/mol. The lowest BCUT2D eigenvalue weighted by Crippen LogP contribution is -2.42. The minimum Gasteiger partial charge on any atom is -0.468 e. The molecular formula is C18H22N2O2S. The summed E-state index contributed by atoms with van der Waals surface area (Å²) in [6.45, 7) is 0.764. The number of methoxy groups -OCH3 is 1. The fourth-order valence-corrected chi connectivity index (χ4v) is 5.27. The lowest BCUT2D eigenvalue weighted by molar-refractivity contribution is -0.146. The summed E-state index contributed by atoms with van der Waals surface area (Å²) < 4.78 is 6.29. The Morgan fingerprint density at radius 1 is 1.35 bits per heavy atom. The summed E-state index contributed by atoms with van der Waals surface area (Å²) in [5.74, 6) is 0.558. The van der Waals surface area contributed by atoms with E-state index in [1.54, 1.807) is 11.3 Å². The summed E-state index contributed by atoms with van der Waals surface area (Å²) in [5, 5.41) is 1.10. The summed E-state index contributed by atoms with van der Waals surface area (Å²) in [6, 6.07) is 8.66. The van der Waals surface area contributed by atoms with Crippen molar-refractivity contribution in [2.45, 2.75) is 50.7 Å². The first-order valence-corrected chi connectivity index (χ1v) is 9.26. The normalized spacial score (nSPS) is 28.0. The van der Waals surface area contributed by atoms with Gasteiger partial charge >= 0.3 is 5.97 Å². The highest BCUT2D eigenvalue weighted by atomic mass is 32.1. The van der Waals surface area contributed by atoms with Gasteiger partial charge in [-0.3, -0.25) is 9.69 Å². The van der Waals surface area contributed by atoms with Crippen molar-refractivity contribution in [2.75, 3.05) is 7.11 Å². The molecule has 3 atom stereocenters. The van der Waals surface area contributed by atoms with Gasteiger partial charge in [0.25, 0.3) is 0 Å². The minimum atomic E-state index is -0.0971. The average Bonchev–Trinajstić information content (AvgIpc) is 3.15. The van der Waals surface area contributed by atoms with Crippen molar-refractivity contribution >= 4 is 27.5 Å². The maximum Gasteiger partial charge on any atom is 0.323 e. The second-order valence-corrected chi connectivity index (χ2v) is 7.75. The number of ether oxygens (including phenoxy) is 1. The van der Waals surface area contributed by atoms with E-state index in [1.165, 1.54) is 37.5 Å². The van der Waals surface area contributed by atoms with Crippen LogP contribution in [-0.2, 0) is 16.1 Å². The summed E-state index contributed by atoms with van der Waals surface area (Å²) in [7, 11) is 1.50. The maximum absolute atomic E-state index is 12.2. The number of hydrogen-bond acceptors (Lipinski definition) is 5. The van der Waals surface area contributed by atoms with Gasteiger partial charge in [-0.05, 0) is 37.3 Å². The molecule has 2 aliphatic rings. The van der Waals surface area contributed by atoms with Gasteiger partial charge in [0.2, 0.25) is 0 Å². The van der Waals surface area contributed by atoms with Gasteiger partial charge in [-0.15, -0.1) is 11.3 Å². The molecule has 122 valence electrons. The average molecular weight is 330 g/mol. The Morgan fingerprint density at radius 3 is 3.00 bits per heavy atom. The molecular weight excluding hydrogens is 308 g/mol. The minimum absolute atomic E-state index is 0.0829. The molecule has 0 amide bonds. The number of hydrogen-bond donors (Lipinski definition) is 0. The molecule has 2 heterocycles. The maximum atomic E-state index is 12.2. The topological polar surface area (TPSA) is 42.4 Å². The Morgan fingerprint density at radius 2 is 2.17 bits per heavy atom. The van der Waals surface area contributed by atoms with E-state index < -0.39 is 0 Å². The molecule has 0 unspecified atom stereocenters. The number of thiazole rings is 1. The van der Waals surface area contributed by atoms with Gasteiger partial charge in [-0.1, -0.05) is 25.0 Å². The number of nitrogens with zero attached hydrogens (tertiary/aromatic N) is 2. The number of likely N-dealkylation sites (tertiary alicyclic amines) is 1. The number of fused-ring (bicyclic) bond motifs is 2. The van der Waals surface area contributed by atoms with E-state index >= 15 is 0 Å². The van der Waals surface area contributed by atoms with Crippen molar-refractivity contribution in [3.8, 4) is 0 Å². The van der Waals surface area contributed by atoms with Crippen molar-refractivity contribution < 1.29 is 9.53 Å². The van der Waals surface area contributed by atoms with Crippen LogP contribution in [0.15, 0.2) is 24.3 Å². The quantitative estimate of drug-likeness (QED) is 0.807. The van der Waals surface area contributed by atoms with E-state index in [9.17, 15) is 4.79 Å². The molecule has 0 N–H and O–H groups in total.